The van der Waals surface area contributed by atoms with Crippen LogP contribution in [0.5, 0.6) is 0 Å². The third kappa shape index (κ3) is 2.79. The first-order chi connectivity index (χ1) is 8.60. The van der Waals surface area contributed by atoms with Gasteiger partial charge in [-0.25, -0.2) is 0 Å². The lowest BCUT2D eigenvalue weighted by Crippen LogP contribution is -2.50. The van der Waals surface area contributed by atoms with Crippen LogP contribution < -0.4 is 5.73 Å². The van der Waals surface area contributed by atoms with Gasteiger partial charge in [-0.1, -0.05) is 0 Å². The second kappa shape index (κ2) is 5.36. The summed E-state index contributed by atoms with van der Waals surface area (Å²) >= 11 is 0. The highest BCUT2D eigenvalue weighted by Gasteiger charge is 2.33. The predicted molar refractivity (Wildman–Crippen MR) is 62.0 cm³/mol. The van der Waals surface area contributed by atoms with Gasteiger partial charge in [-0.05, 0) is 18.8 Å². The molecule has 0 radical (unpaired) electrons. The number of rotatable bonds is 3. The molecular weight excluding hydrogens is 234 g/mol. The van der Waals surface area contributed by atoms with Crippen LogP contribution in [0.2, 0.25) is 0 Å². The number of hydrogen-bond acceptors (Lipinski definition) is 4. The number of nitrogens with zero attached hydrogens (tertiary/aromatic N) is 2. The molecule has 2 saturated heterocycles. The minimum absolute atomic E-state index is 0.0120. The molecule has 98 valence electrons. The lowest BCUT2D eigenvalue weighted by molar-refractivity contribution is -0.141. The Hall–Kier alpha value is -1.61. The first-order valence-corrected chi connectivity index (χ1v) is 6.18. The molecule has 6 heteroatoms. The zero-order valence-corrected chi connectivity index (χ0v) is 10.2. The van der Waals surface area contributed by atoms with Gasteiger partial charge in [0.25, 0.3) is 0 Å². The third-order valence-electron chi connectivity index (χ3n) is 3.59. The smallest absolute Gasteiger partial charge is 0.246 e. The Morgan fingerprint density at radius 3 is 2.78 bits per heavy atom. The molecule has 0 bridgehead atoms. The highest BCUT2D eigenvalue weighted by Crippen LogP contribution is 2.25. The van der Waals surface area contributed by atoms with E-state index < -0.39 is 12.0 Å². The Kier molecular flexibility index (Phi) is 3.82. The third-order valence-corrected chi connectivity index (χ3v) is 3.59. The number of primary amides is 1. The molecule has 2 amide bonds. The summed E-state index contributed by atoms with van der Waals surface area (Å²) in [5, 5.41) is 8.65. The van der Waals surface area contributed by atoms with Crippen LogP contribution in [-0.2, 0) is 14.3 Å². The van der Waals surface area contributed by atoms with Crippen LogP contribution in [0.4, 0.5) is 0 Å². The SMILES string of the molecule is N#CC1CN(C(=O)CC2CCO[C@@H](C(N)=O)C2)C1. The second-order valence-corrected chi connectivity index (χ2v) is 4.98. The van der Waals surface area contributed by atoms with Gasteiger partial charge in [-0.2, -0.15) is 5.26 Å². The Balaban J connectivity index is 1.78. The fourth-order valence-electron chi connectivity index (χ4n) is 2.39. The second-order valence-electron chi connectivity index (χ2n) is 4.98. The minimum atomic E-state index is -0.556. The number of amides is 2. The van der Waals surface area contributed by atoms with Gasteiger partial charge in [0.05, 0.1) is 12.0 Å². The molecule has 2 fully saturated rings. The average Bonchev–Trinajstić information content (AvgIpc) is 2.27. The summed E-state index contributed by atoms with van der Waals surface area (Å²) in [6.07, 6.45) is 1.17. The van der Waals surface area contributed by atoms with Crippen molar-refractivity contribution in [2.75, 3.05) is 19.7 Å². The maximum atomic E-state index is 11.9. The zero-order valence-electron chi connectivity index (χ0n) is 10.2. The summed E-state index contributed by atoms with van der Waals surface area (Å²) in [5.41, 5.74) is 5.20. The molecule has 0 spiro atoms. The Labute approximate surface area is 106 Å². The quantitative estimate of drug-likeness (QED) is 0.740. The van der Waals surface area contributed by atoms with Crippen molar-refractivity contribution in [2.24, 2.45) is 17.6 Å². The summed E-state index contributed by atoms with van der Waals surface area (Å²) in [6.45, 7) is 1.56. The van der Waals surface area contributed by atoms with Crippen molar-refractivity contribution >= 4 is 11.8 Å². The molecule has 0 aliphatic carbocycles. The van der Waals surface area contributed by atoms with E-state index in [1.807, 2.05) is 0 Å². The first kappa shape index (κ1) is 12.8. The van der Waals surface area contributed by atoms with Crippen molar-refractivity contribution < 1.29 is 14.3 Å². The van der Waals surface area contributed by atoms with E-state index in [2.05, 4.69) is 6.07 Å². The van der Waals surface area contributed by atoms with Crippen molar-refractivity contribution in [2.45, 2.75) is 25.4 Å². The molecular formula is C12H17N3O3. The topological polar surface area (TPSA) is 96.4 Å². The van der Waals surface area contributed by atoms with Crippen LogP contribution >= 0.6 is 0 Å². The summed E-state index contributed by atoms with van der Waals surface area (Å²) in [4.78, 5) is 24.6. The number of ether oxygens (including phenoxy) is 1. The number of hydrogen-bond donors (Lipinski definition) is 1. The van der Waals surface area contributed by atoms with Crippen LogP contribution in [0, 0.1) is 23.2 Å². The van der Waals surface area contributed by atoms with Crippen molar-refractivity contribution in [3.8, 4) is 6.07 Å². The Bertz CT molecular complexity index is 385. The van der Waals surface area contributed by atoms with Gasteiger partial charge in [0.1, 0.15) is 6.10 Å². The molecule has 6 nitrogen and oxygen atoms in total. The number of nitriles is 1. The Morgan fingerprint density at radius 1 is 1.44 bits per heavy atom. The predicted octanol–water partition coefficient (Wildman–Crippen LogP) is -0.361. The van der Waals surface area contributed by atoms with E-state index in [1.165, 1.54) is 0 Å². The van der Waals surface area contributed by atoms with Crippen molar-refractivity contribution in [3.63, 3.8) is 0 Å². The maximum absolute atomic E-state index is 11.9. The monoisotopic (exact) mass is 251 g/mol. The molecule has 18 heavy (non-hydrogen) atoms. The molecule has 2 heterocycles. The molecule has 0 aromatic heterocycles. The van der Waals surface area contributed by atoms with Crippen LogP contribution in [0.1, 0.15) is 19.3 Å². The average molecular weight is 251 g/mol. The van der Waals surface area contributed by atoms with Crippen LogP contribution in [0.25, 0.3) is 0 Å². The van der Waals surface area contributed by atoms with E-state index >= 15 is 0 Å². The van der Waals surface area contributed by atoms with Crippen molar-refractivity contribution in [3.05, 3.63) is 0 Å². The fraction of sp³-hybridized carbons (Fsp3) is 0.750. The lowest BCUT2D eigenvalue weighted by Gasteiger charge is -2.37. The molecule has 0 aromatic carbocycles. The highest BCUT2D eigenvalue weighted by molar-refractivity contribution is 5.79. The number of nitrogens with two attached hydrogens (primary N) is 1. The highest BCUT2D eigenvalue weighted by atomic mass is 16.5. The lowest BCUT2D eigenvalue weighted by atomic mass is 9.90. The van der Waals surface area contributed by atoms with E-state index in [0.717, 1.165) is 6.42 Å². The Morgan fingerprint density at radius 2 is 2.17 bits per heavy atom. The molecule has 2 aliphatic heterocycles. The van der Waals surface area contributed by atoms with Gasteiger partial charge in [-0.3, -0.25) is 9.59 Å². The first-order valence-electron chi connectivity index (χ1n) is 6.18. The zero-order chi connectivity index (χ0) is 13.1. The van der Waals surface area contributed by atoms with E-state index in [9.17, 15) is 9.59 Å². The molecule has 0 saturated carbocycles. The van der Waals surface area contributed by atoms with Crippen LogP contribution in [0.15, 0.2) is 0 Å². The number of likely N-dealkylation sites (tertiary alicyclic amines) is 1. The molecule has 1 unspecified atom stereocenters. The molecule has 0 aromatic rings. The van der Waals surface area contributed by atoms with Crippen LogP contribution in [0.3, 0.4) is 0 Å². The minimum Gasteiger partial charge on any atom is -0.368 e. The largest absolute Gasteiger partial charge is 0.368 e. The van der Waals surface area contributed by atoms with Gasteiger partial charge in [-0.15, -0.1) is 0 Å². The number of carbonyl (C=O) groups excluding carboxylic acids is 2. The standard InChI is InChI=1S/C12H17N3O3/c13-5-9-6-15(7-9)11(16)4-8-1-2-18-10(3-8)12(14)17/h8-10H,1-4,6-7H2,(H2,14,17)/t8?,10-/m1/s1. The van der Waals surface area contributed by atoms with E-state index in [0.29, 0.717) is 32.5 Å². The van der Waals surface area contributed by atoms with Crippen LogP contribution in [-0.4, -0.2) is 42.5 Å². The van der Waals surface area contributed by atoms with Crippen molar-refractivity contribution in [1.82, 2.24) is 4.90 Å². The van der Waals surface area contributed by atoms with Gasteiger partial charge in [0.15, 0.2) is 0 Å². The summed E-state index contributed by atoms with van der Waals surface area (Å²) < 4.78 is 5.24. The van der Waals surface area contributed by atoms with E-state index in [4.69, 9.17) is 15.7 Å². The molecule has 2 aliphatic rings. The van der Waals surface area contributed by atoms with Gasteiger partial charge >= 0.3 is 0 Å². The summed E-state index contributed by atoms with van der Waals surface area (Å²) in [6, 6.07) is 2.14. The molecule has 2 N–H and O–H groups in total. The van der Waals surface area contributed by atoms with E-state index in [-0.39, 0.29) is 17.7 Å². The van der Waals surface area contributed by atoms with Crippen molar-refractivity contribution in [1.29, 1.82) is 5.26 Å². The van der Waals surface area contributed by atoms with Gasteiger partial charge in [0, 0.05) is 26.1 Å². The molecule has 2 rings (SSSR count). The summed E-state index contributed by atoms with van der Waals surface area (Å²) in [5.74, 6) is -0.246. The molecule has 2 atom stereocenters. The van der Waals surface area contributed by atoms with Gasteiger partial charge in [0.2, 0.25) is 11.8 Å². The fourth-order valence-corrected chi connectivity index (χ4v) is 2.39. The number of carbonyl (C=O) groups is 2. The normalized spacial score (nSPS) is 28.3. The maximum Gasteiger partial charge on any atom is 0.246 e. The van der Waals surface area contributed by atoms with Gasteiger partial charge < -0.3 is 15.4 Å². The summed E-state index contributed by atoms with van der Waals surface area (Å²) in [7, 11) is 0. The van der Waals surface area contributed by atoms with E-state index in [1.54, 1.807) is 4.90 Å².